The second kappa shape index (κ2) is 5.70. The van der Waals surface area contributed by atoms with Crippen molar-refractivity contribution in [2.24, 2.45) is 0 Å². The lowest BCUT2D eigenvalue weighted by atomic mass is 10.2. The first-order chi connectivity index (χ1) is 10.2. The maximum absolute atomic E-state index is 9.46. The number of hydrogen-bond acceptors (Lipinski definition) is 2. The van der Waals surface area contributed by atoms with E-state index in [4.69, 9.17) is 16.3 Å². The van der Waals surface area contributed by atoms with Crippen molar-refractivity contribution < 1.29 is 9.84 Å². The smallest absolute Gasteiger partial charge is 0.123 e. The van der Waals surface area contributed by atoms with Crippen molar-refractivity contribution in [2.75, 3.05) is 0 Å². The molecule has 1 aromatic heterocycles. The van der Waals surface area contributed by atoms with Crippen LogP contribution >= 0.6 is 11.6 Å². The largest absolute Gasteiger partial charge is 0.508 e. The summed E-state index contributed by atoms with van der Waals surface area (Å²) in [5.41, 5.74) is 2.12. The number of phenolic OH excluding ortho intramolecular Hbond substituents is 1. The summed E-state index contributed by atoms with van der Waals surface area (Å²) in [6.07, 6.45) is 2.07. The van der Waals surface area contributed by atoms with Gasteiger partial charge in [-0.15, -0.1) is 0 Å². The van der Waals surface area contributed by atoms with E-state index in [9.17, 15) is 5.11 Å². The number of halogens is 1. The molecular formula is C17H16ClNO2. The van der Waals surface area contributed by atoms with E-state index < -0.39 is 0 Å². The van der Waals surface area contributed by atoms with Gasteiger partial charge in [0.05, 0.1) is 10.5 Å². The minimum atomic E-state index is 0.200. The Morgan fingerprint density at radius 1 is 1.19 bits per heavy atom. The van der Waals surface area contributed by atoms with Crippen molar-refractivity contribution in [3.8, 4) is 11.5 Å². The zero-order chi connectivity index (χ0) is 14.8. The van der Waals surface area contributed by atoms with Gasteiger partial charge in [0.15, 0.2) is 0 Å². The molecule has 2 aromatic carbocycles. The fourth-order valence-electron chi connectivity index (χ4n) is 2.49. The average molecular weight is 302 g/mol. The molecule has 3 aromatic rings. The van der Waals surface area contributed by atoms with Gasteiger partial charge in [-0.05, 0) is 25.1 Å². The molecule has 4 heteroatoms. The number of para-hydroxylation sites is 1. The summed E-state index contributed by atoms with van der Waals surface area (Å²) in [4.78, 5) is 0. The van der Waals surface area contributed by atoms with Crippen LogP contribution in [0.25, 0.3) is 10.9 Å². The Labute approximate surface area is 128 Å². The van der Waals surface area contributed by atoms with Crippen LogP contribution in [0.1, 0.15) is 12.5 Å². The minimum Gasteiger partial charge on any atom is -0.508 e. The van der Waals surface area contributed by atoms with Gasteiger partial charge in [-0.3, -0.25) is 0 Å². The Hall–Kier alpha value is -2.13. The monoisotopic (exact) mass is 301 g/mol. The van der Waals surface area contributed by atoms with Crippen molar-refractivity contribution in [3.63, 3.8) is 0 Å². The van der Waals surface area contributed by atoms with Gasteiger partial charge in [-0.1, -0.05) is 29.8 Å². The fraction of sp³-hybridized carbons (Fsp3) is 0.176. The third-order valence-electron chi connectivity index (χ3n) is 3.48. The van der Waals surface area contributed by atoms with Crippen LogP contribution in [0.15, 0.2) is 48.7 Å². The molecule has 0 aliphatic carbocycles. The fourth-order valence-corrected chi connectivity index (χ4v) is 2.77. The first kappa shape index (κ1) is 13.8. The summed E-state index contributed by atoms with van der Waals surface area (Å²) in [5.74, 6) is 0.848. The zero-order valence-electron chi connectivity index (χ0n) is 11.7. The predicted octanol–water partition coefficient (Wildman–Crippen LogP) is 4.60. The van der Waals surface area contributed by atoms with Gasteiger partial charge >= 0.3 is 0 Å². The molecule has 0 atom stereocenters. The Morgan fingerprint density at radius 3 is 2.76 bits per heavy atom. The third kappa shape index (κ3) is 2.69. The van der Waals surface area contributed by atoms with Gasteiger partial charge in [-0.2, -0.15) is 0 Å². The quantitative estimate of drug-likeness (QED) is 0.764. The predicted molar refractivity (Wildman–Crippen MR) is 85.1 cm³/mol. The molecule has 1 heterocycles. The van der Waals surface area contributed by atoms with Crippen LogP contribution in [0, 0.1) is 0 Å². The summed E-state index contributed by atoms with van der Waals surface area (Å²) >= 11 is 6.30. The van der Waals surface area contributed by atoms with Gasteiger partial charge in [-0.25, -0.2) is 0 Å². The summed E-state index contributed by atoms with van der Waals surface area (Å²) < 4.78 is 7.89. The highest BCUT2D eigenvalue weighted by atomic mass is 35.5. The molecule has 0 unspecified atom stereocenters. The van der Waals surface area contributed by atoms with Crippen LogP contribution < -0.4 is 4.74 Å². The van der Waals surface area contributed by atoms with Crippen molar-refractivity contribution in [1.82, 2.24) is 4.57 Å². The van der Waals surface area contributed by atoms with Crippen molar-refractivity contribution in [2.45, 2.75) is 20.1 Å². The molecule has 1 N–H and O–H groups in total. The van der Waals surface area contributed by atoms with E-state index in [0.29, 0.717) is 12.4 Å². The Balaban J connectivity index is 1.92. The molecule has 108 valence electrons. The molecule has 0 amide bonds. The van der Waals surface area contributed by atoms with E-state index in [-0.39, 0.29) is 5.75 Å². The number of aryl methyl sites for hydroxylation is 1. The van der Waals surface area contributed by atoms with E-state index in [1.807, 2.05) is 18.2 Å². The Kier molecular flexibility index (Phi) is 3.76. The molecule has 3 rings (SSSR count). The Morgan fingerprint density at radius 2 is 2.00 bits per heavy atom. The topological polar surface area (TPSA) is 34.4 Å². The van der Waals surface area contributed by atoms with Crippen LogP contribution in [0.4, 0.5) is 0 Å². The number of aromatic nitrogens is 1. The van der Waals surface area contributed by atoms with Crippen LogP contribution in [0.2, 0.25) is 5.02 Å². The summed E-state index contributed by atoms with van der Waals surface area (Å²) in [5, 5.41) is 11.3. The third-order valence-corrected chi connectivity index (χ3v) is 3.79. The number of hydrogen-bond donors (Lipinski definition) is 1. The van der Waals surface area contributed by atoms with Crippen LogP contribution in [-0.2, 0) is 13.2 Å². The Bertz CT molecular complexity index is 780. The maximum atomic E-state index is 9.46. The number of phenols is 1. The molecule has 21 heavy (non-hydrogen) atoms. The van der Waals surface area contributed by atoms with E-state index in [0.717, 1.165) is 28.0 Å². The lowest BCUT2D eigenvalue weighted by Crippen LogP contribution is -1.95. The zero-order valence-corrected chi connectivity index (χ0v) is 12.5. The summed E-state index contributed by atoms with van der Waals surface area (Å²) in [6.45, 7) is 3.38. The van der Waals surface area contributed by atoms with Gasteiger partial charge in [0.25, 0.3) is 0 Å². The van der Waals surface area contributed by atoms with Gasteiger partial charge in [0, 0.05) is 29.8 Å². The highest BCUT2D eigenvalue weighted by Crippen LogP contribution is 2.29. The highest BCUT2D eigenvalue weighted by molar-refractivity contribution is 6.35. The molecule has 0 aliphatic rings. The normalized spacial score (nSPS) is 11.0. The standard InChI is InChI=1S/C17H16ClNO2/c1-2-19-10-12(15-7-4-8-16(18)17(15)19)11-21-14-6-3-5-13(20)9-14/h3-10,20H,2,11H2,1H3. The first-order valence-electron chi connectivity index (χ1n) is 6.87. The number of rotatable bonds is 4. The number of nitrogens with zero attached hydrogens (tertiary/aromatic N) is 1. The van der Waals surface area contributed by atoms with Crippen LogP contribution in [0.5, 0.6) is 11.5 Å². The molecule has 0 spiro atoms. The molecular weight excluding hydrogens is 286 g/mol. The van der Waals surface area contributed by atoms with E-state index in [2.05, 4.69) is 23.8 Å². The molecule has 0 fully saturated rings. The second-order valence-electron chi connectivity index (χ2n) is 4.86. The van der Waals surface area contributed by atoms with Gasteiger partial charge in [0.2, 0.25) is 0 Å². The highest BCUT2D eigenvalue weighted by Gasteiger charge is 2.11. The van der Waals surface area contributed by atoms with E-state index in [1.165, 1.54) is 0 Å². The molecule has 0 saturated heterocycles. The van der Waals surface area contributed by atoms with Crippen LogP contribution in [-0.4, -0.2) is 9.67 Å². The van der Waals surface area contributed by atoms with Gasteiger partial charge < -0.3 is 14.4 Å². The number of aromatic hydroxyl groups is 1. The van der Waals surface area contributed by atoms with Gasteiger partial charge in [0.1, 0.15) is 18.1 Å². The average Bonchev–Trinajstić information content (AvgIpc) is 2.85. The molecule has 3 nitrogen and oxygen atoms in total. The number of fused-ring (bicyclic) bond motifs is 1. The number of ether oxygens (including phenoxy) is 1. The maximum Gasteiger partial charge on any atom is 0.123 e. The van der Waals surface area contributed by atoms with Crippen molar-refractivity contribution >= 4 is 22.5 Å². The molecule has 0 bridgehead atoms. The summed E-state index contributed by atoms with van der Waals surface area (Å²) in [7, 11) is 0. The molecule has 0 radical (unpaired) electrons. The van der Waals surface area contributed by atoms with Crippen molar-refractivity contribution in [1.29, 1.82) is 0 Å². The van der Waals surface area contributed by atoms with Crippen molar-refractivity contribution in [3.05, 3.63) is 59.2 Å². The first-order valence-corrected chi connectivity index (χ1v) is 7.25. The van der Waals surface area contributed by atoms with E-state index in [1.54, 1.807) is 18.2 Å². The summed E-state index contributed by atoms with van der Waals surface area (Å²) in [6, 6.07) is 12.7. The lowest BCUT2D eigenvalue weighted by Gasteiger charge is -2.05. The molecule has 0 saturated carbocycles. The SMILES string of the molecule is CCn1cc(COc2cccc(O)c2)c2cccc(Cl)c21. The van der Waals surface area contributed by atoms with E-state index >= 15 is 0 Å². The second-order valence-corrected chi connectivity index (χ2v) is 5.27. The lowest BCUT2D eigenvalue weighted by molar-refractivity contribution is 0.305. The minimum absolute atomic E-state index is 0.200. The molecule has 0 aliphatic heterocycles. The number of benzene rings is 2. The van der Waals surface area contributed by atoms with Crippen LogP contribution in [0.3, 0.4) is 0 Å².